The lowest BCUT2D eigenvalue weighted by atomic mass is 9.47. The first-order valence-electron chi connectivity index (χ1n) is 8.34. The first-order chi connectivity index (χ1) is 10.5. The van der Waals surface area contributed by atoms with E-state index >= 15 is 0 Å². The number of hydrogen-bond acceptors (Lipinski definition) is 3. The minimum atomic E-state index is -0.144. The monoisotopic (exact) mass is 300 g/mol. The third-order valence-corrected chi connectivity index (χ3v) is 6.39. The molecule has 1 aromatic rings. The van der Waals surface area contributed by atoms with E-state index in [9.17, 15) is 9.90 Å². The highest BCUT2D eigenvalue weighted by atomic mass is 16.3. The van der Waals surface area contributed by atoms with Gasteiger partial charge in [0, 0.05) is 23.5 Å². The number of nitrogens with zero attached hydrogens (tertiary/aromatic N) is 1. The zero-order chi connectivity index (χ0) is 15.5. The van der Waals surface area contributed by atoms with Gasteiger partial charge in [0.2, 0.25) is 0 Å². The van der Waals surface area contributed by atoms with Crippen LogP contribution in [0.15, 0.2) is 18.2 Å². The van der Waals surface area contributed by atoms with Crippen LogP contribution in [0, 0.1) is 12.3 Å². The van der Waals surface area contributed by atoms with Crippen LogP contribution in [0.25, 0.3) is 0 Å². The highest BCUT2D eigenvalue weighted by Gasteiger charge is 2.65. The van der Waals surface area contributed by atoms with E-state index in [1.807, 2.05) is 13.0 Å². The van der Waals surface area contributed by atoms with E-state index < -0.39 is 0 Å². The van der Waals surface area contributed by atoms with Crippen molar-refractivity contribution in [3.63, 3.8) is 0 Å². The van der Waals surface area contributed by atoms with Gasteiger partial charge in [-0.3, -0.25) is 9.69 Å². The van der Waals surface area contributed by atoms with Crippen molar-refractivity contribution >= 4 is 5.91 Å². The van der Waals surface area contributed by atoms with Crippen LogP contribution in [-0.2, 0) is 0 Å². The Morgan fingerprint density at radius 2 is 2.09 bits per heavy atom. The summed E-state index contributed by atoms with van der Waals surface area (Å²) >= 11 is 0. The Hall–Kier alpha value is -1.55. The van der Waals surface area contributed by atoms with Crippen molar-refractivity contribution in [3.05, 3.63) is 29.3 Å². The van der Waals surface area contributed by atoms with Crippen molar-refractivity contribution in [1.29, 1.82) is 0 Å². The van der Waals surface area contributed by atoms with Gasteiger partial charge in [0.25, 0.3) is 5.91 Å². The van der Waals surface area contributed by atoms with Gasteiger partial charge in [-0.05, 0) is 58.2 Å². The molecule has 3 aliphatic rings. The fourth-order valence-corrected chi connectivity index (χ4v) is 5.10. The molecule has 4 nitrogen and oxygen atoms in total. The molecule has 1 aliphatic heterocycles. The third kappa shape index (κ3) is 1.83. The van der Waals surface area contributed by atoms with Gasteiger partial charge in [-0.15, -0.1) is 0 Å². The van der Waals surface area contributed by atoms with E-state index in [-0.39, 0.29) is 17.7 Å². The largest absolute Gasteiger partial charge is 0.507 e. The van der Waals surface area contributed by atoms with Crippen molar-refractivity contribution in [2.75, 3.05) is 7.05 Å². The lowest BCUT2D eigenvalue weighted by Gasteiger charge is -2.72. The highest BCUT2D eigenvalue weighted by molar-refractivity contribution is 5.97. The number of carbonyl (C=O) groups is 1. The van der Waals surface area contributed by atoms with Crippen LogP contribution < -0.4 is 5.32 Å². The summed E-state index contributed by atoms with van der Waals surface area (Å²) < 4.78 is 0. The topological polar surface area (TPSA) is 52.6 Å². The third-order valence-electron chi connectivity index (χ3n) is 6.39. The number of nitrogens with one attached hydrogen (secondary N) is 1. The summed E-state index contributed by atoms with van der Waals surface area (Å²) in [5.41, 5.74) is 1.95. The normalized spacial score (nSPS) is 36.5. The number of likely N-dealkylation sites (tertiary alicyclic amines) is 1. The van der Waals surface area contributed by atoms with E-state index in [1.165, 1.54) is 19.3 Å². The molecule has 0 radical (unpaired) electrons. The summed E-state index contributed by atoms with van der Waals surface area (Å²) in [7, 11) is 2.23. The molecule has 2 N–H and O–H groups in total. The molecule has 1 aromatic carbocycles. The van der Waals surface area contributed by atoms with Crippen LogP contribution in [-0.4, -0.2) is 41.1 Å². The number of benzene rings is 1. The number of piperidine rings is 1. The second kappa shape index (κ2) is 4.72. The summed E-state index contributed by atoms with van der Waals surface area (Å²) in [6.45, 7) is 1.93. The molecule has 2 aliphatic carbocycles. The second-order valence-corrected chi connectivity index (χ2v) is 7.43. The molecule has 0 aromatic heterocycles. The molecule has 3 fully saturated rings. The van der Waals surface area contributed by atoms with Gasteiger partial charge in [0.05, 0.1) is 5.56 Å². The number of rotatable bonds is 2. The van der Waals surface area contributed by atoms with Gasteiger partial charge in [-0.1, -0.05) is 11.6 Å². The van der Waals surface area contributed by atoms with Crippen LogP contribution in [0.3, 0.4) is 0 Å². The molecular weight excluding hydrogens is 276 g/mol. The number of amides is 1. The lowest BCUT2D eigenvalue weighted by molar-refractivity contribution is -0.214. The predicted molar refractivity (Wildman–Crippen MR) is 85.0 cm³/mol. The van der Waals surface area contributed by atoms with Crippen LogP contribution in [0.4, 0.5) is 0 Å². The van der Waals surface area contributed by atoms with Crippen molar-refractivity contribution < 1.29 is 9.90 Å². The summed E-state index contributed by atoms with van der Waals surface area (Å²) in [6.07, 6.45) is 6.06. The SMILES string of the molecule is Cc1ccc(O)c(C(=O)N[C@H]2CCC34CCC3N(C)C4C2)c1. The Kier molecular flexibility index (Phi) is 3.02. The predicted octanol–water partition coefficient (Wildman–Crippen LogP) is 2.45. The Morgan fingerprint density at radius 1 is 1.32 bits per heavy atom. The van der Waals surface area contributed by atoms with Gasteiger partial charge < -0.3 is 10.4 Å². The van der Waals surface area contributed by atoms with Crippen LogP contribution in [0.1, 0.15) is 48.0 Å². The maximum absolute atomic E-state index is 12.4. The Bertz CT molecular complexity index is 630. The van der Waals surface area contributed by atoms with Crippen LogP contribution in [0.5, 0.6) is 5.75 Å². The Morgan fingerprint density at radius 3 is 2.82 bits per heavy atom. The van der Waals surface area contributed by atoms with E-state index in [0.29, 0.717) is 17.0 Å². The van der Waals surface area contributed by atoms with E-state index in [1.54, 1.807) is 12.1 Å². The fourth-order valence-electron chi connectivity index (χ4n) is 5.10. The van der Waals surface area contributed by atoms with Gasteiger partial charge in [-0.2, -0.15) is 0 Å². The number of hydrogen-bond donors (Lipinski definition) is 2. The average molecular weight is 300 g/mol. The quantitative estimate of drug-likeness (QED) is 0.882. The number of phenols is 1. The van der Waals surface area contributed by atoms with Crippen molar-refractivity contribution in [2.45, 2.75) is 57.2 Å². The zero-order valence-electron chi connectivity index (χ0n) is 13.3. The van der Waals surface area contributed by atoms with Crippen LogP contribution in [0.2, 0.25) is 0 Å². The molecule has 3 unspecified atom stereocenters. The number of aryl methyl sites for hydroxylation is 1. The molecule has 22 heavy (non-hydrogen) atoms. The van der Waals surface area contributed by atoms with Crippen molar-refractivity contribution in [3.8, 4) is 5.75 Å². The molecular formula is C18H24N2O2. The lowest BCUT2D eigenvalue weighted by Crippen LogP contribution is -2.77. The maximum Gasteiger partial charge on any atom is 0.255 e. The fraction of sp³-hybridized carbons (Fsp3) is 0.611. The molecule has 4 atom stereocenters. The zero-order valence-corrected chi connectivity index (χ0v) is 13.3. The van der Waals surface area contributed by atoms with E-state index in [0.717, 1.165) is 24.4 Å². The molecule has 1 amide bonds. The minimum Gasteiger partial charge on any atom is -0.507 e. The van der Waals surface area contributed by atoms with Crippen molar-refractivity contribution in [2.24, 2.45) is 5.41 Å². The Balaban J connectivity index is 1.44. The highest BCUT2D eigenvalue weighted by Crippen LogP contribution is 2.62. The molecule has 1 spiro atoms. The van der Waals surface area contributed by atoms with E-state index in [2.05, 4.69) is 17.3 Å². The molecule has 4 heteroatoms. The molecule has 2 saturated carbocycles. The molecule has 118 valence electrons. The number of phenolic OH excluding ortho intramolecular Hbond substituents is 1. The molecule has 0 bridgehead atoms. The standard InChI is InChI=1S/C18H24N2O2/c1-11-3-4-14(21)13(9-11)17(22)19-12-5-7-18-8-6-15(18)20(2)16(18)10-12/h3-4,9,12,15-16,21H,5-8,10H2,1-2H3,(H,19,22)/t12-,15?,16?,18?/m0/s1. The smallest absolute Gasteiger partial charge is 0.255 e. The second-order valence-electron chi connectivity index (χ2n) is 7.43. The summed E-state index contributed by atoms with van der Waals surface area (Å²) in [5.74, 6) is -0.0792. The first kappa shape index (κ1) is 14.1. The molecule has 1 saturated heterocycles. The minimum absolute atomic E-state index is 0.0650. The Labute approximate surface area is 131 Å². The van der Waals surface area contributed by atoms with E-state index in [4.69, 9.17) is 0 Å². The summed E-state index contributed by atoms with van der Waals surface area (Å²) in [5, 5.41) is 13.0. The average Bonchev–Trinajstić information content (AvgIpc) is 2.48. The molecule has 1 heterocycles. The van der Waals surface area contributed by atoms with Gasteiger partial charge in [-0.25, -0.2) is 0 Å². The van der Waals surface area contributed by atoms with Crippen molar-refractivity contribution in [1.82, 2.24) is 10.2 Å². The maximum atomic E-state index is 12.4. The first-order valence-corrected chi connectivity index (χ1v) is 8.34. The summed E-state index contributed by atoms with van der Waals surface area (Å²) in [4.78, 5) is 15.0. The van der Waals surface area contributed by atoms with Crippen LogP contribution >= 0.6 is 0 Å². The summed E-state index contributed by atoms with van der Waals surface area (Å²) in [6, 6.07) is 6.83. The van der Waals surface area contributed by atoms with Gasteiger partial charge >= 0.3 is 0 Å². The molecule has 4 rings (SSSR count). The number of aromatic hydroxyl groups is 1. The number of carbonyl (C=O) groups excluding carboxylic acids is 1. The van der Waals surface area contributed by atoms with Gasteiger partial charge in [0.15, 0.2) is 0 Å². The van der Waals surface area contributed by atoms with Gasteiger partial charge in [0.1, 0.15) is 5.75 Å².